The van der Waals surface area contributed by atoms with Crippen LogP contribution in [0.3, 0.4) is 0 Å². The van der Waals surface area contributed by atoms with Crippen LogP contribution in [0.5, 0.6) is 0 Å². The summed E-state index contributed by atoms with van der Waals surface area (Å²) in [5.74, 6) is -1.26. The minimum atomic E-state index is -3.87. The standard InChI is InChI=1S/C14H17N3O4S/c1-2-17(11-10-16-9-5-8-15-16)22(20,21)13-7-4-3-6-12(13)14(18)19/h3-9H,2,10-11H2,1H3,(H,18,19). The molecule has 0 fully saturated rings. The van der Waals surface area contributed by atoms with Crippen LogP contribution in [0.1, 0.15) is 17.3 Å². The molecule has 8 heteroatoms. The summed E-state index contributed by atoms with van der Waals surface area (Å²) in [5, 5.41) is 13.2. The molecule has 0 bridgehead atoms. The molecule has 2 rings (SSSR count). The Bertz CT molecular complexity index is 741. The molecule has 0 amide bonds. The van der Waals surface area contributed by atoms with Crippen LogP contribution in [0.25, 0.3) is 0 Å². The van der Waals surface area contributed by atoms with Crippen molar-refractivity contribution < 1.29 is 18.3 Å². The number of benzene rings is 1. The lowest BCUT2D eigenvalue weighted by atomic mass is 10.2. The van der Waals surface area contributed by atoms with E-state index in [0.29, 0.717) is 6.54 Å². The number of aromatic carboxylic acids is 1. The second-order valence-corrected chi connectivity index (χ2v) is 6.47. The third-order valence-electron chi connectivity index (χ3n) is 3.23. The van der Waals surface area contributed by atoms with Crippen molar-refractivity contribution in [1.82, 2.24) is 14.1 Å². The van der Waals surface area contributed by atoms with Gasteiger partial charge in [0.1, 0.15) is 0 Å². The number of sulfonamides is 1. The summed E-state index contributed by atoms with van der Waals surface area (Å²) in [6.07, 6.45) is 3.36. The Labute approximate surface area is 128 Å². The molecule has 1 N–H and O–H groups in total. The predicted octanol–water partition coefficient (Wildman–Crippen LogP) is 1.29. The third-order valence-corrected chi connectivity index (χ3v) is 5.26. The summed E-state index contributed by atoms with van der Waals surface area (Å²) in [6, 6.07) is 7.37. The van der Waals surface area contributed by atoms with Gasteiger partial charge < -0.3 is 5.11 Å². The SMILES string of the molecule is CCN(CCn1cccn1)S(=O)(=O)c1ccccc1C(=O)O. The summed E-state index contributed by atoms with van der Waals surface area (Å²) >= 11 is 0. The molecule has 0 saturated carbocycles. The van der Waals surface area contributed by atoms with Gasteiger partial charge in [-0.15, -0.1) is 0 Å². The highest BCUT2D eigenvalue weighted by Crippen LogP contribution is 2.20. The summed E-state index contributed by atoms with van der Waals surface area (Å²) in [6.45, 7) is 2.57. The van der Waals surface area contributed by atoms with Gasteiger partial charge in [-0.3, -0.25) is 4.68 Å². The van der Waals surface area contributed by atoms with E-state index in [1.54, 1.807) is 30.1 Å². The number of carboxylic acids is 1. The number of carbonyl (C=O) groups is 1. The molecule has 7 nitrogen and oxygen atoms in total. The normalized spacial score (nSPS) is 11.7. The van der Waals surface area contributed by atoms with Crippen molar-refractivity contribution in [2.75, 3.05) is 13.1 Å². The fourth-order valence-electron chi connectivity index (χ4n) is 2.10. The number of likely N-dealkylation sites (N-methyl/N-ethyl adjacent to an activating group) is 1. The quantitative estimate of drug-likeness (QED) is 0.829. The fourth-order valence-corrected chi connectivity index (χ4v) is 3.73. The maximum atomic E-state index is 12.7. The van der Waals surface area contributed by atoms with Gasteiger partial charge in [-0.05, 0) is 18.2 Å². The molecule has 0 aliphatic heterocycles. The van der Waals surface area contributed by atoms with Crippen molar-refractivity contribution in [2.24, 2.45) is 0 Å². The Morgan fingerprint density at radius 1 is 1.32 bits per heavy atom. The molecule has 1 aromatic heterocycles. The van der Waals surface area contributed by atoms with Crippen LogP contribution in [0.2, 0.25) is 0 Å². The molecule has 0 saturated heterocycles. The van der Waals surface area contributed by atoms with Gasteiger partial charge in [-0.2, -0.15) is 9.40 Å². The van der Waals surface area contributed by atoms with E-state index in [1.165, 1.54) is 28.6 Å². The summed E-state index contributed by atoms with van der Waals surface area (Å²) in [4.78, 5) is 11.0. The topological polar surface area (TPSA) is 92.5 Å². The number of hydrogen-bond acceptors (Lipinski definition) is 4. The summed E-state index contributed by atoms with van der Waals surface area (Å²) in [5.41, 5.74) is -0.222. The molecular weight excluding hydrogens is 306 g/mol. The van der Waals surface area contributed by atoms with Crippen LogP contribution in [0.15, 0.2) is 47.6 Å². The van der Waals surface area contributed by atoms with E-state index >= 15 is 0 Å². The molecule has 2 aromatic rings. The molecule has 1 aromatic carbocycles. The van der Waals surface area contributed by atoms with Crippen molar-refractivity contribution in [3.63, 3.8) is 0 Å². The van der Waals surface area contributed by atoms with Gasteiger partial charge in [0.2, 0.25) is 10.0 Å². The van der Waals surface area contributed by atoms with E-state index < -0.39 is 16.0 Å². The largest absolute Gasteiger partial charge is 0.478 e. The molecule has 0 aliphatic rings. The van der Waals surface area contributed by atoms with Gasteiger partial charge in [0.25, 0.3) is 0 Å². The Morgan fingerprint density at radius 3 is 2.64 bits per heavy atom. The van der Waals surface area contributed by atoms with E-state index in [4.69, 9.17) is 5.11 Å². The van der Waals surface area contributed by atoms with Gasteiger partial charge in [0.15, 0.2) is 0 Å². The van der Waals surface area contributed by atoms with Crippen molar-refractivity contribution in [3.8, 4) is 0 Å². The second kappa shape index (κ2) is 6.71. The van der Waals surface area contributed by atoms with Crippen LogP contribution in [-0.4, -0.2) is 46.7 Å². The first-order chi connectivity index (χ1) is 10.5. The highest BCUT2D eigenvalue weighted by atomic mass is 32.2. The molecule has 22 heavy (non-hydrogen) atoms. The molecule has 0 aliphatic carbocycles. The van der Waals surface area contributed by atoms with E-state index in [9.17, 15) is 13.2 Å². The van der Waals surface area contributed by atoms with Gasteiger partial charge in [-0.25, -0.2) is 13.2 Å². The Balaban J connectivity index is 2.29. The van der Waals surface area contributed by atoms with E-state index in [0.717, 1.165) is 0 Å². The molecule has 118 valence electrons. The Hall–Kier alpha value is -2.19. The van der Waals surface area contributed by atoms with Gasteiger partial charge in [0.05, 0.1) is 17.0 Å². The van der Waals surface area contributed by atoms with Crippen LogP contribution in [0.4, 0.5) is 0 Å². The monoisotopic (exact) mass is 323 g/mol. The highest BCUT2D eigenvalue weighted by Gasteiger charge is 2.27. The average molecular weight is 323 g/mol. The number of nitrogens with zero attached hydrogens (tertiary/aromatic N) is 3. The maximum Gasteiger partial charge on any atom is 0.337 e. The number of rotatable bonds is 7. The zero-order valence-electron chi connectivity index (χ0n) is 12.1. The summed E-state index contributed by atoms with van der Waals surface area (Å²) < 4.78 is 28.2. The van der Waals surface area contributed by atoms with Crippen molar-refractivity contribution >= 4 is 16.0 Å². The van der Waals surface area contributed by atoms with Crippen LogP contribution in [0, 0.1) is 0 Å². The number of carboxylic acid groups (broad SMARTS) is 1. The van der Waals surface area contributed by atoms with Gasteiger partial charge in [0, 0.05) is 25.5 Å². The van der Waals surface area contributed by atoms with Crippen molar-refractivity contribution in [2.45, 2.75) is 18.4 Å². The Morgan fingerprint density at radius 2 is 2.05 bits per heavy atom. The number of aromatic nitrogens is 2. The van der Waals surface area contributed by atoms with Crippen molar-refractivity contribution in [1.29, 1.82) is 0 Å². The van der Waals surface area contributed by atoms with Crippen LogP contribution in [-0.2, 0) is 16.6 Å². The Kier molecular flexibility index (Phi) is 4.94. The molecular formula is C14H17N3O4S. The average Bonchev–Trinajstić information content (AvgIpc) is 3.01. The minimum absolute atomic E-state index is 0.190. The van der Waals surface area contributed by atoms with E-state index in [2.05, 4.69) is 5.10 Å². The number of hydrogen-bond donors (Lipinski definition) is 1. The smallest absolute Gasteiger partial charge is 0.337 e. The molecule has 0 spiro atoms. The van der Waals surface area contributed by atoms with Gasteiger partial charge >= 0.3 is 5.97 Å². The fraction of sp³-hybridized carbons (Fsp3) is 0.286. The zero-order chi connectivity index (χ0) is 16.2. The lowest BCUT2D eigenvalue weighted by Gasteiger charge is -2.21. The van der Waals surface area contributed by atoms with Crippen molar-refractivity contribution in [3.05, 3.63) is 48.3 Å². The first-order valence-electron chi connectivity index (χ1n) is 6.76. The molecule has 0 atom stereocenters. The highest BCUT2D eigenvalue weighted by molar-refractivity contribution is 7.89. The maximum absolute atomic E-state index is 12.7. The predicted molar refractivity (Wildman–Crippen MR) is 80.1 cm³/mol. The zero-order valence-corrected chi connectivity index (χ0v) is 12.9. The van der Waals surface area contributed by atoms with Crippen LogP contribution >= 0.6 is 0 Å². The first kappa shape index (κ1) is 16.2. The molecule has 0 unspecified atom stereocenters. The van der Waals surface area contributed by atoms with E-state index in [-0.39, 0.29) is 23.5 Å². The lowest BCUT2D eigenvalue weighted by molar-refractivity contribution is 0.0692. The van der Waals surface area contributed by atoms with E-state index in [1.807, 2.05) is 0 Å². The minimum Gasteiger partial charge on any atom is -0.478 e. The summed E-state index contributed by atoms with van der Waals surface area (Å²) in [7, 11) is -3.87. The van der Waals surface area contributed by atoms with Crippen LogP contribution < -0.4 is 0 Å². The van der Waals surface area contributed by atoms with Gasteiger partial charge in [-0.1, -0.05) is 19.1 Å². The third kappa shape index (κ3) is 3.34. The first-order valence-corrected chi connectivity index (χ1v) is 8.20. The lowest BCUT2D eigenvalue weighted by Crippen LogP contribution is -2.34. The molecule has 0 radical (unpaired) electrons. The second-order valence-electron chi connectivity index (χ2n) is 4.57. The molecule has 1 heterocycles.